The van der Waals surface area contributed by atoms with E-state index in [-0.39, 0.29) is 5.91 Å². The third-order valence-corrected chi connectivity index (χ3v) is 4.12. The number of amides is 1. The molecule has 1 aromatic heterocycles. The van der Waals surface area contributed by atoms with E-state index in [9.17, 15) is 4.79 Å². The number of nitrogens with zero attached hydrogens (tertiary/aromatic N) is 1. The molecule has 132 valence electrons. The number of pyridine rings is 1. The normalized spacial score (nSPS) is 12.2. The zero-order chi connectivity index (χ0) is 17.8. The fraction of sp³-hybridized carbons (Fsp3) is 0.400. The van der Waals surface area contributed by atoms with Crippen molar-refractivity contribution in [3.8, 4) is 22.6 Å². The van der Waals surface area contributed by atoms with Gasteiger partial charge in [-0.05, 0) is 42.5 Å². The fourth-order valence-electron chi connectivity index (χ4n) is 2.90. The molecule has 0 aliphatic carbocycles. The highest BCUT2D eigenvalue weighted by molar-refractivity contribution is 5.89. The number of hydrogen-bond acceptors (Lipinski definition) is 4. The minimum absolute atomic E-state index is 0.144. The van der Waals surface area contributed by atoms with Gasteiger partial charge < -0.3 is 14.8 Å². The molecule has 0 saturated carbocycles. The number of anilines is 1. The topological polar surface area (TPSA) is 60.5 Å². The molecule has 2 heterocycles. The Morgan fingerprint density at radius 2 is 2.16 bits per heavy atom. The van der Waals surface area contributed by atoms with Gasteiger partial charge >= 0.3 is 0 Å². The average Bonchev–Trinajstić information content (AvgIpc) is 2.57. The molecular weight excluding hydrogens is 316 g/mol. The Morgan fingerprint density at radius 3 is 2.92 bits per heavy atom. The van der Waals surface area contributed by atoms with Crippen LogP contribution in [-0.2, 0) is 11.4 Å². The molecule has 0 unspecified atom stereocenters. The van der Waals surface area contributed by atoms with Gasteiger partial charge in [-0.3, -0.25) is 4.79 Å². The number of rotatable bonds is 6. The van der Waals surface area contributed by atoms with Crippen molar-refractivity contribution in [1.82, 2.24) is 4.98 Å². The minimum atomic E-state index is -0.144. The summed E-state index contributed by atoms with van der Waals surface area (Å²) in [7, 11) is 0. The Hall–Kier alpha value is -2.56. The van der Waals surface area contributed by atoms with Gasteiger partial charge in [0.2, 0.25) is 5.91 Å². The lowest BCUT2D eigenvalue weighted by molar-refractivity contribution is -0.114. The lowest BCUT2D eigenvalue weighted by Crippen LogP contribution is -2.10. The SMILES string of the molecule is CC(=O)Nc1cc2c(cn1)OCc1cc(OCCCC(C)C)ccc1-2. The predicted octanol–water partition coefficient (Wildman–Crippen LogP) is 4.41. The van der Waals surface area contributed by atoms with Crippen molar-refractivity contribution >= 4 is 11.7 Å². The van der Waals surface area contributed by atoms with Crippen LogP contribution in [-0.4, -0.2) is 17.5 Å². The van der Waals surface area contributed by atoms with E-state index in [4.69, 9.17) is 9.47 Å². The van der Waals surface area contributed by atoms with E-state index >= 15 is 0 Å². The van der Waals surface area contributed by atoms with Gasteiger partial charge in [-0.1, -0.05) is 19.9 Å². The molecule has 1 aliphatic rings. The van der Waals surface area contributed by atoms with Crippen molar-refractivity contribution < 1.29 is 14.3 Å². The van der Waals surface area contributed by atoms with Crippen molar-refractivity contribution in [1.29, 1.82) is 0 Å². The molecule has 2 aromatic rings. The molecule has 1 aromatic carbocycles. The summed E-state index contributed by atoms with van der Waals surface area (Å²) in [4.78, 5) is 15.4. The molecule has 0 radical (unpaired) electrons. The van der Waals surface area contributed by atoms with Crippen LogP contribution < -0.4 is 14.8 Å². The zero-order valence-corrected chi connectivity index (χ0v) is 15.0. The first-order valence-corrected chi connectivity index (χ1v) is 8.69. The molecule has 0 saturated heterocycles. The Morgan fingerprint density at radius 1 is 1.32 bits per heavy atom. The zero-order valence-electron chi connectivity index (χ0n) is 15.0. The molecule has 0 atom stereocenters. The number of hydrogen-bond donors (Lipinski definition) is 1. The van der Waals surface area contributed by atoms with Crippen LogP contribution in [0.2, 0.25) is 0 Å². The van der Waals surface area contributed by atoms with Crippen molar-refractivity contribution in [3.63, 3.8) is 0 Å². The predicted molar refractivity (Wildman–Crippen MR) is 97.9 cm³/mol. The van der Waals surface area contributed by atoms with Crippen molar-refractivity contribution in [3.05, 3.63) is 36.0 Å². The lowest BCUT2D eigenvalue weighted by atomic mass is 9.97. The van der Waals surface area contributed by atoms with E-state index in [0.29, 0.717) is 18.3 Å². The maximum Gasteiger partial charge on any atom is 0.222 e. The largest absolute Gasteiger partial charge is 0.494 e. The van der Waals surface area contributed by atoms with Gasteiger partial charge in [-0.2, -0.15) is 0 Å². The molecule has 0 spiro atoms. The summed E-state index contributed by atoms with van der Waals surface area (Å²) >= 11 is 0. The molecule has 0 bridgehead atoms. The Labute approximate surface area is 148 Å². The van der Waals surface area contributed by atoms with Crippen LogP contribution in [0.1, 0.15) is 39.2 Å². The van der Waals surface area contributed by atoms with Crippen molar-refractivity contribution in [2.24, 2.45) is 5.92 Å². The molecule has 5 heteroatoms. The monoisotopic (exact) mass is 340 g/mol. The van der Waals surface area contributed by atoms with E-state index in [1.165, 1.54) is 13.3 Å². The highest BCUT2D eigenvalue weighted by atomic mass is 16.5. The summed E-state index contributed by atoms with van der Waals surface area (Å²) in [5.41, 5.74) is 3.10. The van der Waals surface area contributed by atoms with Gasteiger partial charge in [-0.15, -0.1) is 0 Å². The Bertz CT molecular complexity index is 772. The maximum atomic E-state index is 11.2. The van der Waals surface area contributed by atoms with Crippen LogP contribution in [0, 0.1) is 5.92 Å². The van der Waals surface area contributed by atoms with Gasteiger partial charge in [0.25, 0.3) is 0 Å². The van der Waals surface area contributed by atoms with E-state index in [1.807, 2.05) is 24.3 Å². The molecule has 1 amide bonds. The number of nitrogens with one attached hydrogen (secondary N) is 1. The van der Waals surface area contributed by atoms with Gasteiger partial charge in [0.1, 0.15) is 23.9 Å². The number of carbonyl (C=O) groups is 1. The smallest absolute Gasteiger partial charge is 0.222 e. The molecule has 5 nitrogen and oxygen atoms in total. The Kier molecular flexibility index (Phi) is 5.22. The van der Waals surface area contributed by atoms with Crippen LogP contribution in [0.25, 0.3) is 11.1 Å². The van der Waals surface area contributed by atoms with Gasteiger partial charge in [0.05, 0.1) is 12.8 Å². The minimum Gasteiger partial charge on any atom is -0.494 e. The first-order valence-electron chi connectivity index (χ1n) is 8.69. The van der Waals surface area contributed by atoms with Gasteiger partial charge in [0, 0.05) is 18.1 Å². The first-order chi connectivity index (χ1) is 12.0. The second-order valence-electron chi connectivity index (χ2n) is 6.74. The molecule has 1 N–H and O–H groups in total. The number of aromatic nitrogens is 1. The van der Waals surface area contributed by atoms with Gasteiger partial charge in [0.15, 0.2) is 0 Å². The quantitative estimate of drug-likeness (QED) is 0.791. The van der Waals surface area contributed by atoms with Crippen molar-refractivity contribution in [2.75, 3.05) is 11.9 Å². The van der Waals surface area contributed by atoms with Crippen molar-refractivity contribution in [2.45, 2.75) is 40.2 Å². The second kappa shape index (κ2) is 7.55. The summed E-state index contributed by atoms with van der Waals surface area (Å²) in [6.07, 6.45) is 3.88. The standard InChI is InChI=1S/C20H24N2O3/c1-13(2)5-4-8-24-16-6-7-17-15(9-16)12-25-19-11-21-20(10-18(17)19)22-14(3)23/h6-7,9-11,13H,4-5,8,12H2,1-3H3,(H,21,22,23). The maximum absolute atomic E-state index is 11.2. The number of carbonyl (C=O) groups excluding carboxylic acids is 1. The first kappa shape index (κ1) is 17.3. The molecular formula is C20H24N2O3. The summed E-state index contributed by atoms with van der Waals surface area (Å²) in [6.45, 7) is 7.13. The summed E-state index contributed by atoms with van der Waals surface area (Å²) < 4.78 is 11.7. The third kappa shape index (κ3) is 4.29. The molecule has 3 rings (SSSR count). The van der Waals surface area contributed by atoms with E-state index < -0.39 is 0 Å². The molecule has 0 fully saturated rings. The highest BCUT2D eigenvalue weighted by Crippen LogP contribution is 2.39. The summed E-state index contributed by atoms with van der Waals surface area (Å²) in [6, 6.07) is 7.91. The third-order valence-electron chi connectivity index (χ3n) is 4.12. The molecule has 25 heavy (non-hydrogen) atoms. The molecule has 1 aliphatic heterocycles. The highest BCUT2D eigenvalue weighted by Gasteiger charge is 2.19. The van der Waals surface area contributed by atoms with Crippen LogP contribution >= 0.6 is 0 Å². The van der Waals surface area contributed by atoms with E-state index in [0.717, 1.165) is 41.2 Å². The second-order valence-corrected chi connectivity index (χ2v) is 6.74. The van der Waals surface area contributed by atoms with Crippen LogP contribution in [0.5, 0.6) is 11.5 Å². The van der Waals surface area contributed by atoms with Crippen LogP contribution in [0.3, 0.4) is 0 Å². The van der Waals surface area contributed by atoms with Crippen LogP contribution in [0.4, 0.5) is 5.82 Å². The lowest BCUT2D eigenvalue weighted by Gasteiger charge is -2.21. The number of fused-ring (bicyclic) bond motifs is 3. The fourth-order valence-corrected chi connectivity index (χ4v) is 2.90. The average molecular weight is 340 g/mol. The van der Waals surface area contributed by atoms with Crippen LogP contribution in [0.15, 0.2) is 30.5 Å². The Balaban J connectivity index is 1.77. The van der Waals surface area contributed by atoms with E-state index in [1.54, 1.807) is 6.20 Å². The van der Waals surface area contributed by atoms with Gasteiger partial charge in [-0.25, -0.2) is 4.98 Å². The summed E-state index contributed by atoms with van der Waals surface area (Å²) in [5.74, 6) is 2.67. The summed E-state index contributed by atoms with van der Waals surface area (Å²) in [5, 5.41) is 2.71. The number of benzene rings is 1. The van der Waals surface area contributed by atoms with E-state index in [2.05, 4.69) is 24.1 Å². The number of ether oxygens (including phenoxy) is 2.